The van der Waals surface area contributed by atoms with Gasteiger partial charge in [0.25, 0.3) is 0 Å². The third-order valence-corrected chi connectivity index (χ3v) is 7.89. The third kappa shape index (κ3) is 5.18. The average Bonchev–Trinajstić information content (AvgIpc) is 3.29. The lowest BCUT2D eigenvalue weighted by Crippen LogP contribution is -2.46. The van der Waals surface area contributed by atoms with Crippen molar-refractivity contribution in [3.8, 4) is 5.88 Å². The molecule has 0 spiro atoms. The molecule has 2 aromatic heterocycles. The average molecular weight is 547 g/mol. The Balaban J connectivity index is 1.51. The van der Waals surface area contributed by atoms with Crippen LogP contribution in [0.2, 0.25) is 0 Å². The predicted molar refractivity (Wildman–Crippen MR) is 131 cm³/mol. The van der Waals surface area contributed by atoms with Crippen LogP contribution in [-0.2, 0) is 27.9 Å². The molecule has 2 aliphatic rings. The summed E-state index contributed by atoms with van der Waals surface area (Å²) in [5.41, 5.74) is 6.00. The van der Waals surface area contributed by atoms with Crippen LogP contribution in [0.25, 0.3) is 11.2 Å². The van der Waals surface area contributed by atoms with Gasteiger partial charge in [-0.25, -0.2) is 14.6 Å². The van der Waals surface area contributed by atoms with Crippen molar-refractivity contribution in [3.05, 3.63) is 6.33 Å². The first-order chi connectivity index (χ1) is 16.7. The first-order valence-corrected chi connectivity index (χ1v) is 13.5. The molecule has 3 N–H and O–H groups in total. The number of carbonyl (C=O) groups excluding carboxylic acids is 1. The SMILES string of the molecule is CCOc1nc(N)nc2c1ncn2[C@@H]1O[C@@H]2CO[P@@](=O)(N[C@@H](C)COC(=O)C(C)(C)C)O[C@H]2[C@@]1(C)Cl. The summed E-state index contributed by atoms with van der Waals surface area (Å²) < 4.78 is 43.5. The number of aromatic nitrogens is 4. The van der Waals surface area contributed by atoms with E-state index in [1.54, 1.807) is 39.2 Å². The third-order valence-electron chi connectivity index (χ3n) is 5.74. The molecule has 0 aliphatic carbocycles. The summed E-state index contributed by atoms with van der Waals surface area (Å²) in [6.45, 7) is 10.8. The number of anilines is 1. The summed E-state index contributed by atoms with van der Waals surface area (Å²) in [7, 11) is -3.79. The molecule has 2 fully saturated rings. The molecule has 0 bridgehead atoms. The predicted octanol–water partition coefficient (Wildman–Crippen LogP) is 2.79. The van der Waals surface area contributed by atoms with Gasteiger partial charge in [-0.3, -0.25) is 18.4 Å². The highest BCUT2D eigenvalue weighted by Gasteiger charge is 2.60. The summed E-state index contributed by atoms with van der Waals surface area (Å²) in [6.07, 6.45) is -0.709. The molecule has 200 valence electrons. The second-order valence-corrected chi connectivity index (χ2v) is 12.6. The van der Waals surface area contributed by atoms with E-state index in [-0.39, 0.29) is 31.0 Å². The maximum absolute atomic E-state index is 13.4. The molecule has 0 aromatic carbocycles. The zero-order valence-corrected chi connectivity index (χ0v) is 22.7. The van der Waals surface area contributed by atoms with Crippen LogP contribution in [0.3, 0.4) is 0 Å². The number of nitrogen functional groups attached to an aromatic ring is 1. The summed E-state index contributed by atoms with van der Waals surface area (Å²) in [4.78, 5) is 23.6. The van der Waals surface area contributed by atoms with Crippen molar-refractivity contribution in [2.45, 2.75) is 70.9 Å². The molecule has 2 aliphatic heterocycles. The number of ether oxygens (including phenoxy) is 3. The minimum Gasteiger partial charge on any atom is -0.476 e. The normalized spacial score (nSPS) is 31.2. The largest absolute Gasteiger partial charge is 0.476 e. The van der Waals surface area contributed by atoms with Crippen LogP contribution in [0.1, 0.15) is 47.8 Å². The van der Waals surface area contributed by atoms with Crippen molar-refractivity contribution in [2.24, 2.45) is 5.41 Å². The topological polar surface area (TPSA) is 162 Å². The maximum atomic E-state index is 13.4. The number of esters is 1. The Labute approximate surface area is 213 Å². The van der Waals surface area contributed by atoms with Crippen LogP contribution in [0.5, 0.6) is 5.88 Å². The van der Waals surface area contributed by atoms with E-state index >= 15 is 0 Å². The summed E-state index contributed by atoms with van der Waals surface area (Å²) in [6, 6.07) is -0.507. The first kappa shape index (κ1) is 27.0. The maximum Gasteiger partial charge on any atom is 0.406 e. The van der Waals surface area contributed by atoms with Gasteiger partial charge in [-0.1, -0.05) is 0 Å². The Bertz CT molecular complexity index is 1190. The van der Waals surface area contributed by atoms with Crippen molar-refractivity contribution in [1.82, 2.24) is 24.6 Å². The highest BCUT2D eigenvalue weighted by atomic mass is 35.5. The van der Waals surface area contributed by atoms with E-state index in [0.29, 0.717) is 17.8 Å². The number of halogens is 1. The molecule has 2 saturated heterocycles. The number of alkyl halides is 1. The van der Waals surface area contributed by atoms with Crippen molar-refractivity contribution >= 4 is 42.4 Å². The van der Waals surface area contributed by atoms with E-state index in [1.165, 1.54) is 6.33 Å². The van der Waals surface area contributed by atoms with Gasteiger partial charge in [-0.05, 0) is 41.5 Å². The molecule has 0 unspecified atom stereocenters. The molecule has 6 atom stereocenters. The number of nitrogens with zero attached hydrogens (tertiary/aromatic N) is 4. The van der Waals surface area contributed by atoms with E-state index in [9.17, 15) is 9.36 Å². The van der Waals surface area contributed by atoms with Crippen LogP contribution in [0, 0.1) is 5.41 Å². The lowest BCUT2D eigenvalue weighted by molar-refractivity contribution is -0.153. The fraction of sp³-hybridized carbons (Fsp3) is 0.714. The van der Waals surface area contributed by atoms with Crippen LogP contribution in [-0.4, -0.2) is 68.4 Å². The van der Waals surface area contributed by atoms with E-state index in [0.717, 1.165) is 0 Å². The molecule has 0 radical (unpaired) electrons. The Kier molecular flexibility index (Phi) is 7.28. The first-order valence-electron chi connectivity index (χ1n) is 11.6. The summed E-state index contributed by atoms with van der Waals surface area (Å²) in [5.74, 6) is -0.112. The highest BCUT2D eigenvalue weighted by Crippen LogP contribution is 2.57. The van der Waals surface area contributed by atoms with Gasteiger partial charge >= 0.3 is 13.7 Å². The Morgan fingerprint density at radius 2 is 2.17 bits per heavy atom. The Morgan fingerprint density at radius 3 is 2.83 bits per heavy atom. The van der Waals surface area contributed by atoms with Crippen molar-refractivity contribution < 1.29 is 32.6 Å². The summed E-state index contributed by atoms with van der Waals surface area (Å²) in [5, 5.41) is 2.81. The van der Waals surface area contributed by atoms with Gasteiger partial charge in [0.2, 0.25) is 11.8 Å². The fourth-order valence-electron chi connectivity index (χ4n) is 3.97. The van der Waals surface area contributed by atoms with E-state index < -0.39 is 42.5 Å². The second kappa shape index (κ2) is 9.70. The van der Waals surface area contributed by atoms with Crippen LogP contribution in [0.15, 0.2) is 6.33 Å². The lowest BCUT2D eigenvalue weighted by Gasteiger charge is -2.36. The molecule has 2 aromatic rings. The van der Waals surface area contributed by atoms with Crippen molar-refractivity contribution in [2.75, 3.05) is 25.6 Å². The smallest absolute Gasteiger partial charge is 0.406 e. The standard InChI is InChI=1S/C21H32ClN6O7P/c1-7-31-16-13-15(25-19(23)26-16)28(10-24-13)17-21(6,22)14-12(34-17)9-33-36(30,35-14)27-11(2)8-32-18(29)20(3,4)5/h10-12,14,17H,7-9H2,1-6H3,(H,27,30)(H2,23,25,26)/t11-,12+,14+,17+,21+,36-/m0/s1. The van der Waals surface area contributed by atoms with Gasteiger partial charge in [0, 0.05) is 6.04 Å². The molecular formula is C21H32ClN6O7P. The van der Waals surface area contributed by atoms with E-state index in [2.05, 4.69) is 20.0 Å². The number of rotatable bonds is 7. The second-order valence-electron chi connectivity index (χ2n) is 10.0. The van der Waals surface area contributed by atoms with E-state index in [1.807, 2.05) is 6.92 Å². The van der Waals surface area contributed by atoms with Gasteiger partial charge in [0.05, 0.1) is 25.0 Å². The van der Waals surface area contributed by atoms with Crippen molar-refractivity contribution in [3.63, 3.8) is 0 Å². The number of hydrogen-bond donors (Lipinski definition) is 2. The molecular weight excluding hydrogens is 515 g/mol. The van der Waals surface area contributed by atoms with Gasteiger partial charge < -0.3 is 19.9 Å². The monoisotopic (exact) mass is 546 g/mol. The Hall–Kier alpha value is -2.02. The molecule has 0 saturated carbocycles. The zero-order valence-electron chi connectivity index (χ0n) is 21.1. The molecule has 15 heteroatoms. The van der Waals surface area contributed by atoms with Gasteiger partial charge in [0.1, 0.15) is 23.7 Å². The number of nitrogens with two attached hydrogens (primary N) is 1. The van der Waals surface area contributed by atoms with Gasteiger partial charge in [-0.15, -0.1) is 11.6 Å². The quantitative estimate of drug-likeness (QED) is 0.297. The molecule has 0 amide bonds. The lowest BCUT2D eigenvalue weighted by atomic mass is 9.97. The number of imidazole rings is 1. The molecule has 36 heavy (non-hydrogen) atoms. The number of fused-ring (bicyclic) bond motifs is 2. The highest BCUT2D eigenvalue weighted by molar-refractivity contribution is 7.51. The zero-order chi connectivity index (χ0) is 26.5. The number of hydrogen-bond acceptors (Lipinski definition) is 11. The number of nitrogens with one attached hydrogen (secondary N) is 1. The van der Waals surface area contributed by atoms with Crippen molar-refractivity contribution in [1.29, 1.82) is 0 Å². The number of carbonyl (C=O) groups is 1. The molecule has 13 nitrogen and oxygen atoms in total. The van der Waals surface area contributed by atoms with Crippen LogP contribution >= 0.6 is 19.3 Å². The van der Waals surface area contributed by atoms with Crippen LogP contribution in [0.4, 0.5) is 5.95 Å². The minimum atomic E-state index is -3.79. The van der Waals surface area contributed by atoms with Gasteiger partial charge in [-0.2, -0.15) is 9.97 Å². The molecule has 4 rings (SSSR count). The Morgan fingerprint density at radius 1 is 1.44 bits per heavy atom. The molecule has 4 heterocycles. The van der Waals surface area contributed by atoms with Gasteiger partial charge in [0.15, 0.2) is 17.4 Å². The minimum absolute atomic E-state index is 0.00817. The van der Waals surface area contributed by atoms with E-state index in [4.69, 9.17) is 40.6 Å². The summed E-state index contributed by atoms with van der Waals surface area (Å²) >= 11 is 6.98. The van der Waals surface area contributed by atoms with Crippen LogP contribution < -0.4 is 15.6 Å². The fourth-order valence-corrected chi connectivity index (χ4v) is 6.18.